The molecule has 0 fully saturated rings. The van der Waals surface area contributed by atoms with Gasteiger partial charge in [-0.15, -0.1) is 12.3 Å². The Morgan fingerprint density at radius 2 is 2.31 bits per heavy atom. The summed E-state index contributed by atoms with van der Waals surface area (Å²) < 4.78 is 2.04. The summed E-state index contributed by atoms with van der Waals surface area (Å²) in [5, 5.41) is 7.77. The van der Waals surface area contributed by atoms with E-state index in [1.165, 1.54) is 11.3 Å². The van der Waals surface area contributed by atoms with E-state index in [0.29, 0.717) is 6.04 Å². The average Bonchev–Trinajstić information content (AvgIpc) is 2.58. The number of terminal acetylenes is 1. The van der Waals surface area contributed by atoms with Crippen molar-refractivity contribution >= 4 is 0 Å². The standard InChI is InChI=1S/C13H21N3/c1-5-6-7-8-16-12(4)13(10-15-16)9-14-11(2)3/h1,10-11,14H,6-9H2,2-4H3. The van der Waals surface area contributed by atoms with Gasteiger partial charge in [0.05, 0.1) is 6.20 Å². The first kappa shape index (κ1) is 12.8. The van der Waals surface area contributed by atoms with Crippen LogP contribution in [0.1, 0.15) is 37.9 Å². The lowest BCUT2D eigenvalue weighted by atomic mass is 10.2. The highest BCUT2D eigenvalue weighted by Gasteiger charge is 2.05. The van der Waals surface area contributed by atoms with E-state index in [1.54, 1.807) is 0 Å². The Morgan fingerprint density at radius 1 is 1.56 bits per heavy atom. The van der Waals surface area contributed by atoms with Crippen molar-refractivity contribution in [2.45, 2.75) is 52.7 Å². The molecule has 0 aliphatic carbocycles. The lowest BCUT2D eigenvalue weighted by molar-refractivity contribution is 0.565. The van der Waals surface area contributed by atoms with E-state index in [0.717, 1.165) is 25.9 Å². The van der Waals surface area contributed by atoms with Crippen molar-refractivity contribution in [3.05, 3.63) is 17.5 Å². The summed E-state index contributed by atoms with van der Waals surface area (Å²) in [4.78, 5) is 0. The molecule has 3 heteroatoms. The van der Waals surface area contributed by atoms with Crippen LogP contribution in [0.2, 0.25) is 0 Å². The van der Waals surface area contributed by atoms with Gasteiger partial charge in [-0.2, -0.15) is 5.10 Å². The first-order valence-corrected chi connectivity index (χ1v) is 5.83. The molecule has 0 amide bonds. The molecule has 0 spiro atoms. The molecule has 0 unspecified atom stereocenters. The summed E-state index contributed by atoms with van der Waals surface area (Å²) in [5.41, 5.74) is 2.51. The fourth-order valence-electron chi connectivity index (χ4n) is 1.53. The van der Waals surface area contributed by atoms with Crippen LogP contribution in [0.25, 0.3) is 0 Å². The van der Waals surface area contributed by atoms with E-state index in [4.69, 9.17) is 6.42 Å². The van der Waals surface area contributed by atoms with Gasteiger partial charge in [0.25, 0.3) is 0 Å². The van der Waals surface area contributed by atoms with Gasteiger partial charge in [-0.05, 0) is 13.3 Å². The summed E-state index contributed by atoms with van der Waals surface area (Å²) in [7, 11) is 0. The van der Waals surface area contributed by atoms with Crippen LogP contribution in [-0.4, -0.2) is 15.8 Å². The van der Waals surface area contributed by atoms with Gasteiger partial charge in [0.15, 0.2) is 0 Å². The van der Waals surface area contributed by atoms with Gasteiger partial charge in [-0.3, -0.25) is 4.68 Å². The molecule has 0 atom stereocenters. The second-order valence-electron chi connectivity index (χ2n) is 4.32. The molecule has 3 nitrogen and oxygen atoms in total. The van der Waals surface area contributed by atoms with Crippen LogP contribution in [0.3, 0.4) is 0 Å². The predicted octanol–water partition coefficient (Wildman–Crippen LogP) is 2.10. The maximum absolute atomic E-state index is 5.23. The van der Waals surface area contributed by atoms with Gasteiger partial charge in [0.1, 0.15) is 0 Å². The number of rotatable bonds is 6. The Kier molecular flexibility index (Phi) is 5.07. The zero-order valence-corrected chi connectivity index (χ0v) is 10.5. The maximum Gasteiger partial charge on any atom is 0.0537 e. The number of aryl methyl sites for hydroxylation is 1. The molecule has 0 aromatic carbocycles. The predicted molar refractivity (Wildman–Crippen MR) is 67.0 cm³/mol. The van der Waals surface area contributed by atoms with Gasteiger partial charge in [0.2, 0.25) is 0 Å². The number of nitrogens with one attached hydrogen (secondary N) is 1. The Bertz CT molecular complexity index is 358. The molecule has 1 aromatic heterocycles. The zero-order chi connectivity index (χ0) is 12.0. The van der Waals surface area contributed by atoms with Crippen molar-refractivity contribution in [3.8, 4) is 12.3 Å². The summed E-state index contributed by atoms with van der Waals surface area (Å²) in [6, 6.07) is 0.504. The van der Waals surface area contributed by atoms with Crippen LogP contribution >= 0.6 is 0 Å². The van der Waals surface area contributed by atoms with Crippen LogP contribution in [0.15, 0.2) is 6.20 Å². The first-order chi connectivity index (χ1) is 7.65. The van der Waals surface area contributed by atoms with Crippen LogP contribution < -0.4 is 5.32 Å². The first-order valence-electron chi connectivity index (χ1n) is 5.83. The van der Waals surface area contributed by atoms with Gasteiger partial charge >= 0.3 is 0 Å². The molecule has 0 radical (unpaired) electrons. The van der Waals surface area contributed by atoms with E-state index in [9.17, 15) is 0 Å². The molecule has 1 heterocycles. The molecule has 0 saturated heterocycles. The minimum absolute atomic E-state index is 0.504. The number of unbranched alkanes of at least 4 members (excludes halogenated alkanes) is 1. The van der Waals surface area contributed by atoms with E-state index in [2.05, 4.69) is 37.1 Å². The highest BCUT2D eigenvalue weighted by molar-refractivity contribution is 5.15. The molecule has 0 saturated carbocycles. The Morgan fingerprint density at radius 3 is 2.94 bits per heavy atom. The van der Waals surface area contributed by atoms with Gasteiger partial charge in [-0.25, -0.2) is 0 Å². The summed E-state index contributed by atoms with van der Waals surface area (Å²) in [5.74, 6) is 2.65. The highest BCUT2D eigenvalue weighted by atomic mass is 15.3. The van der Waals surface area contributed by atoms with E-state index < -0.39 is 0 Å². The SMILES string of the molecule is C#CCCCn1ncc(CNC(C)C)c1C. The number of hydrogen-bond acceptors (Lipinski definition) is 2. The molecule has 1 rings (SSSR count). The van der Waals surface area contributed by atoms with Crippen LogP contribution in [0.5, 0.6) is 0 Å². The molecular formula is C13H21N3. The molecular weight excluding hydrogens is 198 g/mol. The van der Waals surface area contributed by atoms with E-state index >= 15 is 0 Å². The molecule has 1 N–H and O–H groups in total. The van der Waals surface area contributed by atoms with Crippen molar-refractivity contribution in [1.82, 2.24) is 15.1 Å². The fraction of sp³-hybridized carbons (Fsp3) is 0.615. The number of nitrogens with zero attached hydrogens (tertiary/aromatic N) is 2. The highest BCUT2D eigenvalue weighted by Crippen LogP contribution is 2.08. The summed E-state index contributed by atoms with van der Waals surface area (Å²) in [6.07, 6.45) is 8.99. The zero-order valence-electron chi connectivity index (χ0n) is 10.5. The largest absolute Gasteiger partial charge is 0.310 e. The van der Waals surface area contributed by atoms with E-state index in [-0.39, 0.29) is 0 Å². The van der Waals surface area contributed by atoms with Crippen LogP contribution in [-0.2, 0) is 13.1 Å². The molecule has 0 aliphatic rings. The maximum atomic E-state index is 5.23. The van der Waals surface area contributed by atoms with Crippen LogP contribution in [0.4, 0.5) is 0 Å². The third-order valence-electron chi connectivity index (χ3n) is 2.60. The quantitative estimate of drug-likeness (QED) is 0.586. The Balaban J connectivity index is 2.52. The lowest BCUT2D eigenvalue weighted by Crippen LogP contribution is -2.22. The van der Waals surface area contributed by atoms with Crippen LogP contribution in [0, 0.1) is 19.3 Å². The smallest absolute Gasteiger partial charge is 0.0537 e. The normalized spacial score (nSPS) is 10.7. The Labute approximate surface area is 98.2 Å². The summed E-state index contributed by atoms with van der Waals surface area (Å²) in [6.45, 7) is 8.20. The monoisotopic (exact) mass is 219 g/mol. The number of hydrogen-bond donors (Lipinski definition) is 1. The fourth-order valence-corrected chi connectivity index (χ4v) is 1.53. The van der Waals surface area contributed by atoms with Crippen molar-refractivity contribution in [2.75, 3.05) is 0 Å². The second-order valence-corrected chi connectivity index (χ2v) is 4.32. The second kappa shape index (κ2) is 6.34. The average molecular weight is 219 g/mol. The Hall–Kier alpha value is -1.27. The van der Waals surface area contributed by atoms with Crippen molar-refractivity contribution < 1.29 is 0 Å². The molecule has 16 heavy (non-hydrogen) atoms. The van der Waals surface area contributed by atoms with Crippen molar-refractivity contribution in [1.29, 1.82) is 0 Å². The topological polar surface area (TPSA) is 29.9 Å². The molecule has 0 aliphatic heterocycles. The lowest BCUT2D eigenvalue weighted by Gasteiger charge is -2.08. The van der Waals surface area contributed by atoms with Crippen molar-refractivity contribution in [2.24, 2.45) is 0 Å². The van der Waals surface area contributed by atoms with Gasteiger partial charge < -0.3 is 5.32 Å². The third-order valence-corrected chi connectivity index (χ3v) is 2.60. The van der Waals surface area contributed by atoms with Crippen molar-refractivity contribution in [3.63, 3.8) is 0 Å². The minimum Gasteiger partial charge on any atom is -0.310 e. The minimum atomic E-state index is 0.504. The van der Waals surface area contributed by atoms with Gasteiger partial charge in [0, 0.05) is 36.8 Å². The molecule has 0 bridgehead atoms. The molecule has 88 valence electrons. The van der Waals surface area contributed by atoms with E-state index in [1.807, 2.05) is 10.9 Å². The molecule has 1 aromatic rings. The van der Waals surface area contributed by atoms with Gasteiger partial charge in [-0.1, -0.05) is 13.8 Å². The summed E-state index contributed by atoms with van der Waals surface area (Å²) >= 11 is 0. The number of aromatic nitrogens is 2. The third kappa shape index (κ3) is 3.71.